The minimum absolute atomic E-state index is 0.175. The van der Waals surface area contributed by atoms with Crippen molar-refractivity contribution in [2.45, 2.75) is 33.2 Å². The van der Waals surface area contributed by atoms with Crippen LogP contribution in [0.15, 0.2) is 24.5 Å². The number of carbonyl (C=O) groups excluding carboxylic acids is 1. The predicted octanol–water partition coefficient (Wildman–Crippen LogP) is 2.13. The average molecular weight is 406 g/mol. The Hall–Kier alpha value is -3.20. The van der Waals surface area contributed by atoms with E-state index in [1.165, 1.54) is 5.69 Å². The van der Waals surface area contributed by atoms with Crippen molar-refractivity contribution in [3.8, 4) is 0 Å². The maximum Gasteiger partial charge on any atom is 0.327 e. The number of aryl methyl sites for hydroxylation is 2. The van der Waals surface area contributed by atoms with E-state index in [9.17, 15) is 4.79 Å². The van der Waals surface area contributed by atoms with Crippen molar-refractivity contribution < 1.29 is 4.79 Å². The SMILES string of the molecule is Cc1nc2cc(C)c(NC(=O)N3CCc4c(N5CCN[C@H](C)C5)ccnc43)cn2n1. The Balaban J connectivity index is 1.40. The molecule has 9 nitrogen and oxygen atoms in total. The normalized spacial score (nSPS) is 18.7. The number of hydrogen-bond donors (Lipinski definition) is 2. The van der Waals surface area contributed by atoms with Crippen molar-refractivity contribution in [2.24, 2.45) is 0 Å². The Bertz CT molecular complexity index is 1120. The third-order valence-electron chi connectivity index (χ3n) is 5.83. The molecule has 5 rings (SSSR count). The van der Waals surface area contributed by atoms with Crippen molar-refractivity contribution in [1.29, 1.82) is 0 Å². The molecule has 0 aromatic carbocycles. The molecule has 156 valence electrons. The van der Waals surface area contributed by atoms with Crippen LogP contribution in [-0.2, 0) is 6.42 Å². The molecule has 0 spiro atoms. The van der Waals surface area contributed by atoms with E-state index < -0.39 is 0 Å². The Morgan fingerprint density at radius 2 is 2.17 bits per heavy atom. The van der Waals surface area contributed by atoms with Gasteiger partial charge in [-0.25, -0.2) is 19.3 Å². The molecule has 0 bridgehead atoms. The Kier molecular flexibility index (Phi) is 4.54. The molecule has 1 atom stereocenters. The lowest BCUT2D eigenvalue weighted by Crippen LogP contribution is -2.49. The van der Waals surface area contributed by atoms with Crippen LogP contribution in [0.4, 0.5) is 22.0 Å². The second-order valence-corrected chi connectivity index (χ2v) is 8.10. The maximum absolute atomic E-state index is 13.1. The fourth-order valence-corrected chi connectivity index (χ4v) is 4.37. The van der Waals surface area contributed by atoms with Gasteiger partial charge >= 0.3 is 6.03 Å². The van der Waals surface area contributed by atoms with Gasteiger partial charge in [-0.1, -0.05) is 0 Å². The second kappa shape index (κ2) is 7.24. The molecule has 1 saturated heterocycles. The van der Waals surface area contributed by atoms with Crippen molar-refractivity contribution in [3.63, 3.8) is 0 Å². The fourth-order valence-electron chi connectivity index (χ4n) is 4.37. The quantitative estimate of drug-likeness (QED) is 0.678. The number of piperazine rings is 1. The number of carbonyl (C=O) groups is 1. The van der Waals surface area contributed by atoms with Gasteiger partial charge in [0.15, 0.2) is 5.65 Å². The summed E-state index contributed by atoms with van der Waals surface area (Å²) in [5, 5.41) is 10.9. The van der Waals surface area contributed by atoms with Gasteiger partial charge in [-0.2, -0.15) is 5.10 Å². The summed E-state index contributed by atoms with van der Waals surface area (Å²) < 4.78 is 1.69. The number of urea groups is 1. The van der Waals surface area contributed by atoms with Gasteiger partial charge in [0.1, 0.15) is 11.6 Å². The van der Waals surface area contributed by atoms with Crippen LogP contribution < -0.4 is 20.4 Å². The van der Waals surface area contributed by atoms with Gasteiger partial charge in [-0.3, -0.25) is 4.90 Å². The zero-order valence-electron chi connectivity index (χ0n) is 17.5. The number of fused-ring (bicyclic) bond motifs is 2. The standard InChI is InChI=1S/C21H26N8O/c1-13-10-19-24-15(3)26-29(19)12-17(13)25-21(30)28-8-5-16-18(4-6-23-20(16)28)27-9-7-22-14(2)11-27/h4,6,10,12,14,22H,5,7-9,11H2,1-3H3,(H,25,30)/t14-/m1/s1. The lowest BCUT2D eigenvalue weighted by molar-refractivity contribution is 0.257. The Morgan fingerprint density at radius 3 is 3.00 bits per heavy atom. The van der Waals surface area contributed by atoms with Crippen LogP contribution in [0.25, 0.3) is 5.65 Å². The summed E-state index contributed by atoms with van der Waals surface area (Å²) in [4.78, 5) is 26.2. The van der Waals surface area contributed by atoms with Gasteiger partial charge in [0.2, 0.25) is 0 Å². The second-order valence-electron chi connectivity index (χ2n) is 8.10. The first-order chi connectivity index (χ1) is 14.5. The topological polar surface area (TPSA) is 90.7 Å². The molecule has 3 aromatic rings. The van der Waals surface area contributed by atoms with Crippen LogP contribution in [0.2, 0.25) is 0 Å². The number of rotatable bonds is 2. The minimum Gasteiger partial charge on any atom is -0.368 e. The van der Waals surface area contributed by atoms with E-state index in [1.54, 1.807) is 9.42 Å². The van der Waals surface area contributed by atoms with Crippen LogP contribution in [0, 0.1) is 13.8 Å². The number of pyridine rings is 2. The lowest BCUT2D eigenvalue weighted by atomic mass is 10.1. The molecule has 1 fully saturated rings. The summed E-state index contributed by atoms with van der Waals surface area (Å²) in [5.74, 6) is 1.46. The van der Waals surface area contributed by atoms with E-state index in [0.717, 1.165) is 54.3 Å². The first-order valence-electron chi connectivity index (χ1n) is 10.4. The molecular weight excluding hydrogens is 380 g/mol. The largest absolute Gasteiger partial charge is 0.368 e. The van der Waals surface area contributed by atoms with Crippen LogP contribution in [-0.4, -0.2) is 57.8 Å². The highest BCUT2D eigenvalue weighted by Crippen LogP contribution is 2.34. The number of amides is 2. The van der Waals surface area contributed by atoms with Gasteiger partial charge in [-0.15, -0.1) is 0 Å². The lowest BCUT2D eigenvalue weighted by Gasteiger charge is -2.34. The van der Waals surface area contributed by atoms with Gasteiger partial charge in [0.25, 0.3) is 0 Å². The van der Waals surface area contributed by atoms with Crippen molar-refractivity contribution in [2.75, 3.05) is 41.3 Å². The highest BCUT2D eigenvalue weighted by Gasteiger charge is 2.30. The van der Waals surface area contributed by atoms with E-state index >= 15 is 0 Å². The van der Waals surface area contributed by atoms with Crippen molar-refractivity contribution in [1.82, 2.24) is 24.9 Å². The number of hydrogen-bond acceptors (Lipinski definition) is 6. The van der Waals surface area contributed by atoms with Crippen LogP contribution in [0.5, 0.6) is 0 Å². The number of anilines is 3. The molecule has 0 unspecified atom stereocenters. The molecule has 3 aromatic heterocycles. The minimum atomic E-state index is -0.175. The molecule has 2 aliphatic rings. The van der Waals surface area contributed by atoms with Gasteiger partial charge in [0.05, 0.1) is 11.9 Å². The zero-order valence-corrected chi connectivity index (χ0v) is 17.5. The number of nitrogens with zero attached hydrogens (tertiary/aromatic N) is 6. The molecule has 2 amide bonds. The summed E-state index contributed by atoms with van der Waals surface area (Å²) >= 11 is 0. The third kappa shape index (κ3) is 3.24. The molecule has 30 heavy (non-hydrogen) atoms. The van der Waals surface area contributed by atoms with E-state index in [2.05, 4.69) is 43.6 Å². The molecule has 2 aliphatic heterocycles. The first kappa shape index (κ1) is 18.8. The molecule has 0 radical (unpaired) electrons. The zero-order chi connectivity index (χ0) is 20.8. The summed E-state index contributed by atoms with van der Waals surface area (Å²) in [5.41, 5.74) is 4.78. The first-order valence-corrected chi connectivity index (χ1v) is 10.4. The fraction of sp³-hybridized carbons (Fsp3) is 0.429. The summed E-state index contributed by atoms with van der Waals surface area (Å²) in [6, 6.07) is 4.27. The maximum atomic E-state index is 13.1. The van der Waals surface area contributed by atoms with E-state index in [4.69, 9.17) is 0 Å². The summed E-state index contributed by atoms with van der Waals surface area (Å²) in [7, 11) is 0. The smallest absolute Gasteiger partial charge is 0.327 e. The van der Waals surface area contributed by atoms with Gasteiger partial charge < -0.3 is 15.5 Å². The Morgan fingerprint density at radius 1 is 1.30 bits per heavy atom. The van der Waals surface area contributed by atoms with E-state index in [0.29, 0.717) is 18.4 Å². The highest BCUT2D eigenvalue weighted by molar-refractivity contribution is 6.03. The summed E-state index contributed by atoms with van der Waals surface area (Å²) in [6.45, 7) is 9.51. The monoisotopic (exact) mass is 406 g/mol. The van der Waals surface area contributed by atoms with E-state index in [-0.39, 0.29) is 6.03 Å². The average Bonchev–Trinajstić information content (AvgIpc) is 3.30. The molecule has 5 heterocycles. The van der Waals surface area contributed by atoms with Crippen molar-refractivity contribution in [3.05, 3.63) is 41.5 Å². The van der Waals surface area contributed by atoms with Gasteiger partial charge in [-0.05, 0) is 44.9 Å². The highest BCUT2D eigenvalue weighted by atomic mass is 16.2. The third-order valence-corrected chi connectivity index (χ3v) is 5.83. The van der Waals surface area contributed by atoms with Gasteiger partial charge in [0, 0.05) is 49.7 Å². The van der Waals surface area contributed by atoms with Crippen LogP contribution in [0.3, 0.4) is 0 Å². The number of aromatic nitrogens is 4. The molecule has 0 aliphatic carbocycles. The molecule has 9 heteroatoms. The predicted molar refractivity (Wildman–Crippen MR) is 116 cm³/mol. The number of nitrogens with one attached hydrogen (secondary N) is 2. The van der Waals surface area contributed by atoms with Crippen molar-refractivity contribution >= 4 is 28.9 Å². The molecule has 0 saturated carbocycles. The molecular formula is C21H26N8O. The van der Waals surface area contributed by atoms with Crippen LogP contribution >= 0.6 is 0 Å². The van der Waals surface area contributed by atoms with E-state index in [1.807, 2.05) is 32.3 Å². The van der Waals surface area contributed by atoms with Crippen LogP contribution in [0.1, 0.15) is 23.9 Å². The summed E-state index contributed by atoms with van der Waals surface area (Å²) in [6.07, 6.45) is 4.43. The molecule has 2 N–H and O–H groups in total. The Labute approximate surface area is 175 Å².